The molecule has 0 saturated heterocycles. The van der Waals surface area contributed by atoms with Crippen LogP contribution >= 0.6 is 0 Å². The van der Waals surface area contributed by atoms with Gasteiger partial charge in [0, 0.05) is 39.1 Å². The fourth-order valence-electron chi connectivity index (χ4n) is 1.37. The van der Waals surface area contributed by atoms with Crippen LogP contribution in [0.15, 0.2) is 5.16 Å². The van der Waals surface area contributed by atoms with Crippen molar-refractivity contribution in [1.29, 1.82) is 0 Å². The first kappa shape index (κ1) is 15.7. The first-order chi connectivity index (χ1) is 8.02. The Balaban J connectivity index is 3.94. The number of rotatable bonds is 8. The van der Waals surface area contributed by atoms with Gasteiger partial charge in [0.2, 0.25) is 5.91 Å². The number of nitrogens with two attached hydrogens (primary N) is 1. The third kappa shape index (κ3) is 6.78. The maximum absolute atomic E-state index is 11.7. The summed E-state index contributed by atoms with van der Waals surface area (Å²) in [4.78, 5) is 13.4. The van der Waals surface area contributed by atoms with E-state index in [2.05, 4.69) is 5.16 Å². The van der Waals surface area contributed by atoms with Crippen LogP contribution in [0.1, 0.15) is 33.1 Å². The first-order valence-corrected chi connectivity index (χ1v) is 5.82. The predicted molar refractivity (Wildman–Crippen MR) is 66.0 cm³/mol. The Hall–Kier alpha value is -1.30. The zero-order chi connectivity index (χ0) is 13.3. The van der Waals surface area contributed by atoms with Crippen molar-refractivity contribution in [2.45, 2.75) is 39.2 Å². The van der Waals surface area contributed by atoms with Gasteiger partial charge in [-0.25, -0.2) is 0 Å². The lowest BCUT2D eigenvalue weighted by Crippen LogP contribution is -2.37. The molecule has 0 aromatic heterocycles. The van der Waals surface area contributed by atoms with Crippen LogP contribution in [-0.4, -0.2) is 48.2 Å². The fourth-order valence-corrected chi connectivity index (χ4v) is 1.37. The molecule has 0 rings (SSSR count). The highest BCUT2D eigenvalue weighted by atomic mass is 16.5. The normalized spacial score (nSPS) is 13.5. The molecule has 0 aromatic rings. The van der Waals surface area contributed by atoms with Gasteiger partial charge in [0.25, 0.3) is 0 Å². The molecular formula is C11H23N3O3. The third-order valence-corrected chi connectivity index (χ3v) is 2.57. The summed E-state index contributed by atoms with van der Waals surface area (Å²) < 4.78 is 5.16. The van der Waals surface area contributed by atoms with Gasteiger partial charge in [0.15, 0.2) is 0 Å². The van der Waals surface area contributed by atoms with Crippen molar-refractivity contribution < 1.29 is 14.7 Å². The zero-order valence-corrected chi connectivity index (χ0v) is 10.8. The smallest absolute Gasteiger partial charge is 0.222 e. The number of carbonyl (C=O) groups is 1. The molecule has 0 spiro atoms. The minimum absolute atomic E-state index is 0.0444. The van der Waals surface area contributed by atoms with Crippen LogP contribution in [0.2, 0.25) is 0 Å². The Morgan fingerprint density at radius 3 is 2.76 bits per heavy atom. The predicted octanol–water partition coefficient (Wildman–Crippen LogP) is 0.787. The SMILES string of the molecule is CCOCCCC(=O)N(C)C(C)CC(N)=NO. The largest absolute Gasteiger partial charge is 0.409 e. The van der Waals surface area contributed by atoms with Crippen molar-refractivity contribution in [3.8, 4) is 0 Å². The average Bonchev–Trinajstić information content (AvgIpc) is 2.33. The van der Waals surface area contributed by atoms with Crippen molar-refractivity contribution >= 4 is 11.7 Å². The molecule has 0 saturated carbocycles. The van der Waals surface area contributed by atoms with Crippen molar-refractivity contribution in [3.63, 3.8) is 0 Å². The zero-order valence-electron chi connectivity index (χ0n) is 10.8. The Morgan fingerprint density at radius 1 is 1.59 bits per heavy atom. The summed E-state index contributed by atoms with van der Waals surface area (Å²) >= 11 is 0. The van der Waals surface area contributed by atoms with Crippen LogP contribution in [0.3, 0.4) is 0 Å². The molecule has 0 heterocycles. The molecule has 0 radical (unpaired) electrons. The molecule has 3 N–H and O–H groups in total. The number of nitrogens with zero attached hydrogens (tertiary/aromatic N) is 2. The number of amidine groups is 1. The van der Waals surface area contributed by atoms with E-state index in [1.54, 1.807) is 11.9 Å². The monoisotopic (exact) mass is 245 g/mol. The van der Waals surface area contributed by atoms with Crippen LogP contribution in [0.5, 0.6) is 0 Å². The summed E-state index contributed by atoms with van der Waals surface area (Å²) in [6.45, 7) is 5.06. The number of amides is 1. The average molecular weight is 245 g/mol. The van der Waals surface area contributed by atoms with Gasteiger partial charge in [-0.2, -0.15) is 0 Å². The van der Waals surface area contributed by atoms with E-state index < -0.39 is 0 Å². The minimum Gasteiger partial charge on any atom is -0.409 e. The molecule has 17 heavy (non-hydrogen) atoms. The number of oxime groups is 1. The second-order valence-electron chi connectivity index (χ2n) is 3.95. The summed E-state index contributed by atoms with van der Waals surface area (Å²) in [6.07, 6.45) is 1.54. The van der Waals surface area contributed by atoms with Crippen molar-refractivity contribution in [2.24, 2.45) is 10.9 Å². The van der Waals surface area contributed by atoms with Gasteiger partial charge >= 0.3 is 0 Å². The fraction of sp³-hybridized carbons (Fsp3) is 0.818. The molecule has 1 unspecified atom stereocenters. The van der Waals surface area contributed by atoms with Crippen molar-refractivity contribution in [1.82, 2.24) is 4.90 Å². The van der Waals surface area contributed by atoms with E-state index in [0.717, 1.165) is 0 Å². The van der Waals surface area contributed by atoms with Gasteiger partial charge in [-0.3, -0.25) is 4.79 Å². The van der Waals surface area contributed by atoms with Crippen LogP contribution < -0.4 is 5.73 Å². The molecule has 0 fully saturated rings. The Morgan fingerprint density at radius 2 is 2.24 bits per heavy atom. The van der Waals surface area contributed by atoms with Crippen LogP contribution in [0.25, 0.3) is 0 Å². The van der Waals surface area contributed by atoms with Gasteiger partial charge < -0.3 is 20.6 Å². The van der Waals surface area contributed by atoms with Gasteiger partial charge in [-0.1, -0.05) is 5.16 Å². The summed E-state index contributed by atoms with van der Waals surface area (Å²) in [5.74, 6) is 0.175. The molecule has 6 heteroatoms. The quantitative estimate of drug-likeness (QED) is 0.217. The number of ether oxygens (including phenoxy) is 1. The van der Waals surface area contributed by atoms with Crippen LogP contribution in [-0.2, 0) is 9.53 Å². The Bertz CT molecular complexity index is 256. The van der Waals surface area contributed by atoms with Crippen LogP contribution in [0.4, 0.5) is 0 Å². The van der Waals surface area contributed by atoms with Gasteiger partial charge in [0.05, 0.1) is 0 Å². The van der Waals surface area contributed by atoms with E-state index in [-0.39, 0.29) is 17.8 Å². The highest BCUT2D eigenvalue weighted by Crippen LogP contribution is 2.05. The number of carbonyl (C=O) groups excluding carboxylic acids is 1. The van der Waals surface area contributed by atoms with E-state index in [9.17, 15) is 4.79 Å². The summed E-state index contributed by atoms with van der Waals surface area (Å²) in [5.41, 5.74) is 5.39. The van der Waals surface area contributed by atoms with E-state index in [1.165, 1.54) is 0 Å². The van der Waals surface area contributed by atoms with Gasteiger partial charge in [-0.15, -0.1) is 0 Å². The molecule has 100 valence electrons. The lowest BCUT2D eigenvalue weighted by atomic mass is 10.2. The van der Waals surface area contributed by atoms with E-state index in [0.29, 0.717) is 32.5 Å². The van der Waals surface area contributed by atoms with E-state index in [4.69, 9.17) is 15.7 Å². The lowest BCUT2D eigenvalue weighted by Gasteiger charge is -2.24. The lowest BCUT2D eigenvalue weighted by molar-refractivity contribution is -0.131. The molecular weight excluding hydrogens is 222 g/mol. The second kappa shape index (κ2) is 8.81. The molecule has 0 aromatic carbocycles. The highest BCUT2D eigenvalue weighted by Gasteiger charge is 2.16. The van der Waals surface area contributed by atoms with Crippen molar-refractivity contribution in [2.75, 3.05) is 20.3 Å². The first-order valence-electron chi connectivity index (χ1n) is 5.82. The number of hydrogen-bond donors (Lipinski definition) is 2. The molecule has 0 aliphatic carbocycles. The summed E-state index contributed by atoms with van der Waals surface area (Å²) in [5, 5.41) is 11.3. The second-order valence-corrected chi connectivity index (χ2v) is 3.95. The van der Waals surface area contributed by atoms with Crippen LogP contribution in [0, 0.1) is 0 Å². The van der Waals surface area contributed by atoms with Gasteiger partial charge in [-0.05, 0) is 20.3 Å². The standard InChI is InChI=1S/C11H23N3O3/c1-4-17-7-5-6-11(15)14(3)9(2)8-10(12)13-16/h9,16H,4-8H2,1-3H3,(H2,12,13). The molecule has 0 aliphatic heterocycles. The Kier molecular flexibility index (Phi) is 8.13. The molecule has 6 nitrogen and oxygen atoms in total. The number of hydrogen-bond acceptors (Lipinski definition) is 4. The van der Waals surface area contributed by atoms with Gasteiger partial charge in [0.1, 0.15) is 5.84 Å². The van der Waals surface area contributed by atoms with E-state index in [1.807, 2.05) is 13.8 Å². The topological polar surface area (TPSA) is 88.2 Å². The third-order valence-electron chi connectivity index (χ3n) is 2.57. The highest BCUT2D eigenvalue weighted by molar-refractivity contribution is 5.81. The maximum Gasteiger partial charge on any atom is 0.222 e. The molecule has 0 aliphatic rings. The summed E-state index contributed by atoms with van der Waals surface area (Å²) in [7, 11) is 1.72. The summed E-state index contributed by atoms with van der Waals surface area (Å²) in [6, 6.07) is -0.0782. The molecule has 1 atom stereocenters. The minimum atomic E-state index is -0.0782. The Labute approximate surface area is 102 Å². The molecule has 1 amide bonds. The maximum atomic E-state index is 11.7. The van der Waals surface area contributed by atoms with E-state index >= 15 is 0 Å². The molecule has 0 bridgehead atoms. The van der Waals surface area contributed by atoms with Crippen molar-refractivity contribution in [3.05, 3.63) is 0 Å².